The lowest BCUT2D eigenvalue weighted by Crippen LogP contribution is -2.59. The fourth-order valence-corrected chi connectivity index (χ4v) is 2.31. The molecule has 0 heterocycles. The molecule has 1 aromatic carbocycles. The zero-order chi connectivity index (χ0) is 16.7. The van der Waals surface area contributed by atoms with E-state index in [0.29, 0.717) is 6.07 Å². The SMILES string of the molecule is C[Si](C)(C)C(F)(F)C(F)(F)Oc1cccc(C(F)(F)F)c1. The second-order valence-corrected chi connectivity index (χ2v) is 10.6. The molecule has 0 aromatic heterocycles. The molecule has 0 saturated heterocycles. The quantitative estimate of drug-likeness (QED) is 0.544. The molecule has 0 aliphatic heterocycles. The van der Waals surface area contributed by atoms with E-state index < -0.39 is 37.2 Å². The number of alkyl halides is 7. The Balaban J connectivity index is 3.11. The van der Waals surface area contributed by atoms with Gasteiger partial charge in [-0.2, -0.15) is 22.0 Å². The van der Waals surface area contributed by atoms with Gasteiger partial charge in [-0.25, -0.2) is 8.78 Å². The molecular weight excluding hydrogens is 321 g/mol. The third kappa shape index (κ3) is 3.69. The summed E-state index contributed by atoms with van der Waals surface area (Å²) in [6.45, 7) is 3.03. The molecule has 1 rings (SSSR count). The van der Waals surface area contributed by atoms with Crippen molar-refractivity contribution in [3.05, 3.63) is 29.8 Å². The Morgan fingerprint density at radius 1 is 0.905 bits per heavy atom. The van der Waals surface area contributed by atoms with Crippen LogP contribution in [-0.4, -0.2) is 19.7 Å². The van der Waals surface area contributed by atoms with Crippen LogP contribution in [0, 0.1) is 0 Å². The highest BCUT2D eigenvalue weighted by Crippen LogP contribution is 2.43. The smallest absolute Gasteiger partial charge is 0.428 e. The summed E-state index contributed by atoms with van der Waals surface area (Å²) in [4.78, 5) is 0. The van der Waals surface area contributed by atoms with Crippen LogP contribution in [0.15, 0.2) is 24.3 Å². The summed E-state index contributed by atoms with van der Waals surface area (Å²) in [5.74, 6) is -0.965. The van der Waals surface area contributed by atoms with Gasteiger partial charge in [-0.1, -0.05) is 25.7 Å². The monoisotopic (exact) mass is 334 g/mol. The molecule has 0 bridgehead atoms. The summed E-state index contributed by atoms with van der Waals surface area (Å²) in [6.07, 6.45) is -9.67. The van der Waals surface area contributed by atoms with Crippen LogP contribution in [0.4, 0.5) is 30.7 Å². The number of ether oxygens (including phenoxy) is 1. The second kappa shape index (κ2) is 5.18. The van der Waals surface area contributed by atoms with Crippen molar-refractivity contribution in [1.82, 2.24) is 0 Å². The molecule has 0 aliphatic carbocycles. The van der Waals surface area contributed by atoms with Gasteiger partial charge in [0.25, 0.3) is 0 Å². The molecule has 0 N–H and O–H groups in total. The van der Waals surface area contributed by atoms with Crippen LogP contribution >= 0.6 is 0 Å². The van der Waals surface area contributed by atoms with Crippen molar-refractivity contribution < 1.29 is 35.5 Å². The van der Waals surface area contributed by atoms with Gasteiger partial charge in [-0.15, -0.1) is 0 Å². The molecule has 120 valence electrons. The average molecular weight is 334 g/mol. The van der Waals surface area contributed by atoms with Gasteiger partial charge < -0.3 is 4.74 Å². The molecule has 0 saturated carbocycles. The molecule has 1 nitrogen and oxygen atoms in total. The summed E-state index contributed by atoms with van der Waals surface area (Å²) >= 11 is 0. The molecule has 0 fully saturated rings. The number of rotatable bonds is 4. The van der Waals surface area contributed by atoms with Gasteiger partial charge in [0.1, 0.15) is 13.8 Å². The lowest BCUT2D eigenvalue weighted by Gasteiger charge is -2.34. The number of hydrogen-bond donors (Lipinski definition) is 0. The number of benzene rings is 1. The zero-order valence-corrected chi connectivity index (χ0v) is 12.4. The van der Waals surface area contributed by atoms with E-state index in [1.165, 1.54) is 0 Å². The van der Waals surface area contributed by atoms with Crippen LogP contribution in [0.2, 0.25) is 19.6 Å². The molecule has 0 unspecified atom stereocenters. The van der Waals surface area contributed by atoms with Crippen molar-refractivity contribution in [3.8, 4) is 5.75 Å². The Morgan fingerprint density at radius 3 is 1.86 bits per heavy atom. The lowest BCUT2D eigenvalue weighted by molar-refractivity contribution is -0.278. The maximum Gasteiger partial charge on any atom is 0.459 e. The third-order valence-electron chi connectivity index (χ3n) is 2.71. The molecule has 9 heteroatoms. The summed E-state index contributed by atoms with van der Waals surface area (Å²) in [5, 5.41) is 0. The highest BCUT2D eigenvalue weighted by molar-refractivity contribution is 6.78. The van der Waals surface area contributed by atoms with Gasteiger partial charge in [0.15, 0.2) is 0 Å². The van der Waals surface area contributed by atoms with Crippen molar-refractivity contribution >= 4 is 8.07 Å². The van der Waals surface area contributed by atoms with Crippen LogP contribution in [0.3, 0.4) is 0 Å². The van der Waals surface area contributed by atoms with Gasteiger partial charge in [0.2, 0.25) is 0 Å². The van der Waals surface area contributed by atoms with E-state index in [4.69, 9.17) is 0 Å². The molecule has 21 heavy (non-hydrogen) atoms. The maximum atomic E-state index is 13.7. The zero-order valence-electron chi connectivity index (χ0n) is 11.4. The predicted octanol–water partition coefficient (Wildman–Crippen LogP) is 5.19. The Morgan fingerprint density at radius 2 is 1.43 bits per heavy atom. The molecule has 1 aromatic rings. The van der Waals surface area contributed by atoms with Crippen LogP contribution in [0.5, 0.6) is 5.75 Å². The van der Waals surface area contributed by atoms with Gasteiger partial charge in [0, 0.05) is 0 Å². The minimum absolute atomic E-state index is 0.258. The first-order valence-corrected chi connectivity index (χ1v) is 9.30. The van der Waals surface area contributed by atoms with Crippen molar-refractivity contribution in [2.75, 3.05) is 0 Å². The first-order chi connectivity index (χ1) is 9.18. The van der Waals surface area contributed by atoms with E-state index in [9.17, 15) is 30.7 Å². The molecule has 0 spiro atoms. The predicted molar refractivity (Wildman–Crippen MR) is 65.3 cm³/mol. The van der Waals surface area contributed by atoms with E-state index >= 15 is 0 Å². The highest BCUT2D eigenvalue weighted by atomic mass is 28.3. The van der Waals surface area contributed by atoms with E-state index in [-0.39, 0.29) is 6.07 Å². The normalized spacial score (nSPS) is 14.2. The Kier molecular flexibility index (Phi) is 4.39. The fraction of sp³-hybridized carbons (Fsp3) is 0.500. The van der Waals surface area contributed by atoms with E-state index in [2.05, 4.69) is 4.74 Å². The summed E-state index contributed by atoms with van der Waals surface area (Å²) < 4.78 is 95.8. The summed E-state index contributed by atoms with van der Waals surface area (Å²) in [7, 11) is -3.65. The van der Waals surface area contributed by atoms with Crippen LogP contribution in [-0.2, 0) is 6.18 Å². The minimum atomic E-state index is -4.89. The second-order valence-electron chi connectivity index (χ2n) is 5.47. The van der Waals surface area contributed by atoms with Crippen LogP contribution in [0.25, 0.3) is 0 Å². The molecule has 0 radical (unpaired) electrons. The first-order valence-electron chi connectivity index (χ1n) is 5.80. The fourth-order valence-electron chi connectivity index (χ4n) is 1.38. The topological polar surface area (TPSA) is 9.23 Å². The van der Waals surface area contributed by atoms with Gasteiger partial charge >= 0.3 is 17.8 Å². The van der Waals surface area contributed by atoms with Crippen molar-refractivity contribution in [1.29, 1.82) is 0 Å². The van der Waals surface area contributed by atoms with E-state index in [1.807, 2.05) is 0 Å². The van der Waals surface area contributed by atoms with Crippen molar-refractivity contribution in [2.45, 2.75) is 37.5 Å². The minimum Gasteiger partial charge on any atom is -0.428 e. The Labute approximate surface area is 117 Å². The summed E-state index contributed by atoms with van der Waals surface area (Å²) in [6, 6.07) is 2.46. The van der Waals surface area contributed by atoms with E-state index in [0.717, 1.165) is 31.8 Å². The van der Waals surface area contributed by atoms with Crippen molar-refractivity contribution in [3.63, 3.8) is 0 Å². The maximum absolute atomic E-state index is 13.7. The van der Waals surface area contributed by atoms with Crippen LogP contribution in [0.1, 0.15) is 5.56 Å². The molecular formula is C12H13F7OSi. The Hall–Kier alpha value is -1.25. The first kappa shape index (κ1) is 17.8. The van der Waals surface area contributed by atoms with E-state index in [1.54, 1.807) is 0 Å². The number of hydrogen-bond acceptors (Lipinski definition) is 1. The van der Waals surface area contributed by atoms with Crippen LogP contribution < -0.4 is 4.74 Å². The lowest BCUT2D eigenvalue weighted by atomic mass is 10.2. The Bertz CT molecular complexity index is 505. The van der Waals surface area contributed by atoms with Gasteiger partial charge in [-0.3, -0.25) is 0 Å². The average Bonchev–Trinajstić information content (AvgIpc) is 2.25. The molecule has 0 aliphatic rings. The van der Waals surface area contributed by atoms with Gasteiger partial charge in [-0.05, 0) is 18.2 Å². The number of halogens is 7. The summed E-state index contributed by atoms with van der Waals surface area (Å²) in [5.41, 5.74) is -5.69. The largest absolute Gasteiger partial charge is 0.459 e. The van der Waals surface area contributed by atoms with Gasteiger partial charge in [0.05, 0.1) is 5.56 Å². The molecule has 0 amide bonds. The third-order valence-corrected chi connectivity index (χ3v) is 4.89. The highest BCUT2D eigenvalue weighted by Gasteiger charge is 2.66. The standard InChI is InChI=1S/C12H13F7OSi/c1-21(2,3)12(18,19)11(16,17)20-9-6-4-5-8(7-9)10(13,14)15/h4-7H,1-3H3. The molecule has 0 atom stereocenters. The van der Waals surface area contributed by atoms with Crippen molar-refractivity contribution in [2.24, 2.45) is 0 Å².